The van der Waals surface area contributed by atoms with E-state index in [1.807, 2.05) is 62.1 Å². The second-order valence-electron chi connectivity index (χ2n) is 4.92. The molecule has 21 heavy (non-hydrogen) atoms. The first-order chi connectivity index (χ1) is 10.1. The average Bonchev–Trinajstić information content (AvgIpc) is 2.92. The van der Waals surface area contributed by atoms with Crippen LogP contribution in [0.3, 0.4) is 0 Å². The highest BCUT2D eigenvalue weighted by Gasteiger charge is 2.12. The van der Waals surface area contributed by atoms with Crippen molar-refractivity contribution in [3.05, 3.63) is 53.5 Å². The van der Waals surface area contributed by atoms with E-state index in [0.717, 1.165) is 30.3 Å². The molecule has 0 fully saturated rings. The minimum absolute atomic E-state index is 0.0671. The molecule has 2 aromatic rings. The molecule has 112 valence electrons. The molecule has 0 saturated heterocycles. The SMILES string of the molecule is CCN(CC)C(=O)c1cccc(NCc2ccc(C)o2)c1. The predicted molar refractivity (Wildman–Crippen MR) is 84.5 cm³/mol. The summed E-state index contributed by atoms with van der Waals surface area (Å²) in [6.07, 6.45) is 0. The van der Waals surface area contributed by atoms with Gasteiger partial charge in [-0.2, -0.15) is 0 Å². The highest BCUT2D eigenvalue weighted by Crippen LogP contribution is 2.15. The lowest BCUT2D eigenvalue weighted by molar-refractivity contribution is 0.0773. The molecule has 0 atom stereocenters. The zero-order valence-electron chi connectivity index (χ0n) is 12.8. The van der Waals surface area contributed by atoms with Crippen LogP contribution in [0, 0.1) is 6.92 Å². The molecule has 2 rings (SSSR count). The van der Waals surface area contributed by atoms with Gasteiger partial charge in [-0.3, -0.25) is 4.79 Å². The first-order valence-electron chi connectivity index (χ1n) is 7.32. The first kappa shape index (κ1) is 15.2. The Balaban J connectivity index is 2.05. The molecule has 0 aliphatic rings. The largest absolute Gasteiger partial charge is 0.465 e. The summed E-state index contributed by atoms with van der Waals surface area (Å²) in [5, 5.41) is 3.28. The molecule has 1 amide bonds. The fraction of sp³-hybridized carbons (Fsp3) is 0.353. The summed E-state index contributed by atoms with van der Waals surface area (Å²) in [6.45, 7) is 7.95. The lowest BCUT2D eigenvalue weighted by Crippen LogP contribution is -2.30. The van der Waals surface area contributed by atoms with Gasteiger partial charge in [-0.15, -0.1) is 0 Å². The quantitative estimate of drug-likeness (QED) is 0.881. The van der Waals surface area contributed by atoms with Crippen LogP contribution in [0.15, 0.2) is 40.8 Å². The molecule has 0 spiro atoms. The molecule has 0 aliphatic carbocycles. The van der Waals surface area contributed by atoms with Gasteiger partial charge in [-0.05, 0) is 51.1 Å². The third-order valence-corrected chi connectivity index (χ3v) is 3.42. The maximum atomic E-state index is 12.3. The smallest absolute Gasteiger partial charge is 0.253 e. The second-order valence-corrected chi connectivity index (χ2v) is 4.92. The van der Waals surface area contributed by atoms with Crippen LogP contribution in [-0.4, -0.2) is 23.9 Å². The topological polar surface area (TPSA) is 45.5 Å². The van der Waals surface area contributed by atoms with Crippen molar-refractivity contribution in [2.75, 3.05) is 18.4 Å². The number of anilines is 1. The first-order valence-corrected chi connectivity index (χ1v) is 7.32. The fourth-order valence-electron chi connectivity index (χ4n) is 2.22. The van der Waals surface area contributed by atoms with Gasteiger partial charge in [-0.1, -0.05) is 6.07 Å². The lowest BCUT2D eigenvalue weighted by atomic mass is 10.1. The minimum atomic E-state index is 0.0671. The Morgan fingerprint density at radius 1 is 1.19 bits per heavy atom. The van der Waals surface area contributed by atoms with Crippen molar-refractivity contribution >= 4 is 11.6 Å². The van der Waals surface area contributed by atoms with Crippen molar-refractivity contribution in [2.24, 2.45) is 0 Å². The van der Waals surface area contributed by atoms with Gasteiger partial charge >= 0.3 is 0 Å². The standard InChI is InChI=1S/C17H22N2O2/c1-4-19(5-2)17(20)14-7-6-8-15(11-14)18-12-16-10-9-13(3)21-16/h6-11,18H,4-5,12H2,1-3H3. The number of hydrogen-bond acceptors (Lipinski definition) is 3. The van der Waals surface area contributed by atoms with Crippen LogP contribution in [0.4, 0.5) is 5.69 Å². The van der Waals surface area contributed by atoms with Crippen molar-refractivity contribution in [2.45, 2.75) is 27.3 Å². The van der Waals surface area contributed by atoms with E-state index < -0.39 is 0 Å². The average molecular weight is 286 g/mol. The Labute approximate surface area is 125 Å². The molecule has 0 radical (unpaired) electrons. The van der Waals surface area contributed by atoms with E-state index in [4.69, 9.17) is 4.42 Å². The van der Waals surface area contributed by atoms with E-state index in [1.165, 1.54) is 0 Å². The van der Waals surface area contributed by atoms with E-state index in [9.17, 15) is 4.79 Å². The third kappa shape index (κ3) is 3.88. The summed E-state index contributed by atoms with van der Waals surface area (Å²) in [5.74, 6) is 1.85. The number of nitrogens with one attached hydrogen (secondary N) is 1. The molecule has 1 heterocycles. The molecule has 4 nitrogen and oxygen atoms in total. The van der Waals surface area contributed by atoms with Gasteiger partial charge < -0.3 is 14.6 Å². The maximum Gasteiger partial charge on any atom is 0.253 e. The summed E-state index contributed by atoms with van der Waals surface area (Å²) in [7, 11) is 0. The number of aryl methyl sites for hydroxylation is 1. The number of carbonyl (C=O) groups is 1. The number of nitrogens with zero attached hydrogens (tertiary/aromatic N) is 1. The molecular weight excluding hydrogens is 264 g/mol. The van der Waals surface area contributed by atoms with Gasteiger partial charge in [0.05, 0.1) is 6.54 Å². The van der Waals surface area contributed by atoms with Crippen molar-refractivity contribution < 1.29 is 9.21 Å². The Kier molecular flexibility index (Phi) is 5.04. The van der Waals surface area contributed by atoms with Gasteiger partial charge in [-0.25, -0.2) is 0 Å². The number of furan rings is 1. The zero-order valence-corrected chi connectivity index (χ0v) is 12.8. The molecule has 1 aromatic carbocycles. The Hall–Kier alpha value is -2.23. The van der Waals surface area contributed by atoms with E-state index >= 15 is 0 Å². The van der Waals surface area contributed by atoms with Crippen molar-refractivity contribution in [1.82, 2.24) is 4.90 Å². The highest BCUT2D eigenvalue weighted by atomic mass is 16.3. The Morgan fingerprint density at radius 3 is 2.57 bits per heavy atom. The molecule has 1 aromatic heterocycles. The van der Waals surface area contributed by atoms with E-state index in [1.54, 1.807) is 0 Å². The van der Waals surface area contributed by atoms with Crippen LogP contribution in [-0.2, 0) is 6.54 Å². The fourth-order valence-corrected chi connectivity index (χ4v) is 2.22. The van der Waals surface area contributed by atoms with Crippen LogP contribution in [0.1, 0.15) is 35.7 Å². The maximum absolute atomic E-state index is 12.3. The summed E-state index contributed by atoms with van der Waals surface area (Å²) in [6, 6.07) is 11.5. The van der Waals surface area contributed by atoms with E-state index in [0.29, 0.717) is 12.1 Å². The normalized spacial score (nSPS) is 10.4. The molecule has 4 heteroatoms. The van der Waals surface area contributed by atoms with Crippen molar-refractivity contribution in [3.8, 4) is 0 Å². The van der Waals surface area contributed by atoms with Gasteiger partial charge in [0.2, 0.25) is 0 Å². The number of hydrogen-bond donors (Lipinski definition) is 1. The van der Waals surface area contributed by atoms with Crippen molar-refractivity contribution in [1.29, 1.82) is 0 Å². The van der Waals surface area contributed by atoms with E-state index in [2.05, 4.69) is 5.32 Å². The van der Waals surface area contributed by atoms with Crippen LogP contribution in [0.25, 0.3) is 0 Å². The van der Waals surface area contributed by atoms with Gasteiger partial charge in [0, 0.05) is 24.3 Å². The summed E-state index contributed by atoms with van der Waals surface area (Å²) in [4.78, 5) is 14.1. The van der Waals surface area contributed by atoms with E-state index in [-0.39, 0.29) is 5.91 Å². The van der Waals surface area contributed by atoms with Gasteiger partial charge in [0.1, 0.15) is 11.5 Å². The molecular formula is C17H22N2O2. The third-order valence-electron chi connectivity index (χ3n) is 3.42. The van der Waals surface area contributed by atoms with Crippen LogP contribution >= 0.6 is 0 Å². The number of carbonyl (C=O) groups excluding carboxylic acids is 1. The van der Waals surface area contributed by atoms with Crippen LogP contribution < -0.4 is 5.32 Å². The lowest BCUT2D eigenvalue weighted by Gasteiger charge is -2.19. The van der Waals surface area contributed by atoms with Gasteiger partial charge in [0.15, 0.2) is 0 Å². The summed E-state index contributed by atoms with van der Waals surface area (Å²) >= 11 is 0. The Bertz CT molecular complexity index is 600. The van der Waals surface area contributed by atoms with Crippen LogP contribution in [0.5, 0.6) is 0 Å². The molecule has 1 N–H and O–H groups in total. The minimum Gasteiger partial charge on any atom is -0.465 e. The van der Waals surface area contributed by atoms with Crippen LogP contribution in [0.2, 0.25) is 0 Å². The van der Waals surface area contributed by atoms with Gasteiger partial charge in [0.25, 0.3) is 5.91 Å². The predicted octanol–water partition coefficient (Wildman–Crippen LogP) is 3.68. The zero-order chi connectivity index (χ0) is 15.2. The summed E-state index contributed by atoms with van der Waals surface area (Å²) in [5.41, 5.74) is 1.63. The number of benzene rings is 1. The summed E-state index contributed by atoms with van der Waals surface area (Å²) < 4.78 is 5.52. The number of rotatable bonds is 6. The molecule has 0 bridgehead atoms. The molecule has 0 unspecified atom stereocenters. The molecule has 0 saturated carbocycles. The van der Waals surface area contributed by atoms with Crippen molar-refractivity contribution in [3.63, 3.8) is 0 Å². The molecule has 0 aliphatic heterocycles. The number of amides is 1. The monoisotopic (exact) mass is 286 g/mol. The second kappa shape index (κ2) is 6.97. The highest BCUT2D eigenvalue weighted by molar-refractivity contribution is 5.95. The Morgan fingerprint density at radius 2 is 1.95 bits per heavy atom.